The summed E-state index contributed by atoms with van der Waals surface area (Å²) in [6.45, 7) is 0.343. The molecule has 4 nitrogen and oxygen atoms in total. The second-order valence-corrected chi connectivity index (χ2v) is 6.56. The lowest BCUT2D eigenvalue weighted by atomic mass is 10.1. The number of halogens is 2. The largest absolute Gasteiger partial charge is 0.497 e. The maximum atomic E-state index is 12.2. The molecule has 3 rings (SSSR count). The van der Waals surface area contributed by atoms with Crippen molar-refractivity contribution in [2.75, 3.05) is 12.0 Å². The maximum absolute atomic E-state index is 12.2. The lowest BCUT2D eigenvalue weighted by Crippen LogP contribution is -2.29. The number of nitrogens with zero attached hydrogens (tertiary/aromatic N) is 1. The minimum atomic E-state index is -0.504. The van der Waals surface area contributed by atoms with Gasteiger partial charge in [-0.25, -0.2) is 0 Å². The molecule has 0 fully saturated rings. The standard InChI is InChI=1S/C16H11Br2NO3/c1-22-10-4-2-9(3-5-10)8-19-14-7-13(18)12(17)6-11(14)15(20)16(19)21/h2-7H,8H2,1H3. The Kier molecular flexibility index (Phi) is 4.06. The number of ketones is 1. The van der Waals surface area contributed by atoms with E-state index in [2.05, 4.69) is 31.9 Å². The van der Waals surface area contributed by atoms with E-state index in [1.54, 1.807) is 19.2 Å². The molecule has 22 heavy (non-hydrogen) atoms. The molecule has 0 aromatic heterocycles. The van der Waals surface area contributed by atoms with Gasteiger partial charge in [0.1, 0.15) is 5.75 Å². The lowest BCUT2D eigenvalue weighted by molar-refractivity contribution is -0.114. The summed E-state index contributed by atoms with van der Waals surface area (Å²) in [5.41, 5.74) is 1.98. The van der Waals surface area contributed by atoms with E-state index in [0.717, 1.165) is 20.3 Å². The van der Waals surface area contributed by atoms with Gasteiger partial charge in [-0.2, -0.15) is 0 Å². The molecule has 2 aromatic rings. The van der Waals surface area contributed by atoms with E-state index in [4.69, 9.17) is 4.74 Å². The van der Waals surface area contributed by atoms with Gasteiger partial charge < -0.3 is 9.64 Å². The van der Waals surface area contributed by atoms with Crippen molar-refractivity contribution in [2.24, 2.45) is 0 Å². The summed E-state index contributed by atoms with van der Waals surface area (Å²) in [4.78, 5) is 25.8. The molecule has 0 aliphatic carbocycles. The van der Waals surface area contributed by atoms with E-state index in [-0.39, 0.29) is 0 Å². The smallest absolute Gasteiger partial charge is 0.299 e. The number of methoxy groups -OCH3 is 1. The van der Waals surface area contributed by atoms with Crippen molar-refractivity contribution in [3.05, 3.63) is 56.5 Å². The monoisotopic (exact) mass is 423 g/mol. The molecular weight excluding hydrogens is 414 g/mol. The number of Topliss-reactive ketones (excluding diaryl/α,β-unsaturated/α-hetero) is 1. The van der Waals surface area contributed by atoms with E-state index in [1.165, 1.54) is 4.90 Å². The maximum Gasteiger partial charge on any atom is 0.299 e. The van der Waals surface area contributed by atoms with E-state index >= 15 is 0 Å². The molecule has 6 heteroatoms. The number of ether oxygens (including phenoxy) is 1. The van der Waals surface area contributed by atoms with Crippen LogP contribution in [-0.2, 0) is 11.3 Å². The van der Waals surface area contributed by atoms with Crippen LogP contribution >= 0.6 is 31.9 Å². The van der Waals surface area contributed by atoms with Crippen LogP contribution in [0.2, 0.25) is 0 Å². The van der Waals surface area contributed by atoms with Gasteiger partial charge in [0, 0.05) is 8.95 Å². The topological polar surface area (TPSA) is 46.6 Å². The first-order chi connectivity index (χ1) is 10.5. The molecule has 1 aliphatic rings. The predicted molar refractivity (Wildman–Crippen MR) is 90.4 cm³/mol. The second-order valence-electron chi connectivity index (χ2n) is 4.85. The Balaban J connectivity index is 1.96. The summed E-state index contributed by atoms with van der Waals surface area (Å²) in [7, 11) is 1.60. The molecule has 0 unspecified atom stereocenters. The number of fused-ring (bicyclic) bond motifs is 1. The summed E-state index contributed by atoms with van der Waals surface area (Å²) in [6.07, 6.45) is 0. The zero-order valence-electron chi connectivity index (χ0n) is 11.6. The van der Waals surface area contributed by atoms with Crippen LogP contribution in [0, 0.1) is 0 Å². The van der Waals surface area contributed by atoms with Crippen molar-refractivity contribution in [1.29, 1.82) is 0 Å². The molecule has 2 aromatic carbocycles. The van der Waals surface area contributed by atoms with Gasteiger partial charge in [-0.15, -0.1) is 0 Å². The molecule has 112 valence electrons. The van der Waals surface area contributed by atoms with Crippen LogP contribution in [-0.4, -0.2) is 18.8 Å². The molecule has 0 saturated heterocycles. The fourth-order valence-electron chi connectivity index (χ4n) is 2.36. The fraction of sp³-hybridized carbons (Fsp3) is 0.125. The van der Waals surface area contributed by atoms with E-state index in [0.29, 0.717) is 17.8 Å². The van der Waals surface area contributed by atoms with E-state index < -0.39 is 11.7 Å². The predicted octanol–water partition coefficient (Wildman–Crippen LogP) is 3.95. The van der Waals surface area contributed by atoms with Gasteiger partial charge in [-0.05, 0) is 61.7 Å². The Labute approximate surface area is 144 Å². The summed E-state index contributed by atoms with van der Waals surface area (Å²) in [5, 5.41) is 0. The fourth-order valence-corrected chi connectivity index (χ4v) is 3.03. The Morgan fingerprint density at radius 2 is 1.68 bits per heavy atom. The first kappa shape index (κ1) is 15.2. The molecule has 1 aliphatic heterocycles. The van der Waals surface area contributed by atoms with Crippen molar-refractivity contribution < 1.29 is 14.3 Å². The summed E-state index contributed by atoms with van der Waals surface area (Å²) >= 11 is 6.76. The van der Waals surface area contributed by atoms with Gasteiger partial charge in [0.15, 0.2) is 0 Å². The Hall–Kier alpha value is -1.66. The molecule has 0 radical (unpaired) electrons. The third-order valence-electron chi connectivity index (χ3n) is 3.51. The molecule has 0 bridgehead atoms. The normalized spacial score (nSPS) is 13.5. The number of benzene rings is 2. The molecule has 0 saturated carbocycles. The SMILES string of the molecule is COc1ccc(CN2C(=O)C(=O)c3cc(Br)c(Br)cc32)cc1. The van der Waals surface area contributed by atoms with Crippen molar-refractivity contribution in [1.82, 2.24) is 0 Å². The quantitative estimate of drug-likeness (QED) is 0.701. The summed E-state index contributed by atoms with van der Waals surface area (Å²) < 4.78 is 6.66. The number of hydrogen-bond donors (Lipinski definition) is 0. The average Bonchev–Trinajstić information content (AvgIpc) is 2.74. The second kappa shape index (κ2) is 5.85. The Morgan fingerprint density at radius 1 is 1.05 bits per heavy atom. The highest BCUT2D eigenvalue weighted by atomic mass is 79.9. The molecule has 1 heterocycles. The van der Waals surface area contributed by atoms with Crippen molar-refractivity contribution in [2.45, 2.75) is 6.54 Å². The third-order valence-corrected chi connectivity index (χ3v) is 5.36. The zero-order chi connectivity index (χ0) is 15.9. The molecule has 0 N–H and O–H groups in total. The van der Waals surface area contributed by atoms with Gasteiger partial charge in [0.25, 0.3) is 11.7 Å². The van der Waals surface area contributed by atoms with E-state index in [9.17, 15) is 9.59 Å². The highest BCUT2D eigenvalue weighted by molar-refractivity contribution is 9.13. The van der Waals surface area contributed by atoms with Crippen LogP contribution in [0.3, 0.4) is 0 Å². The highest BCUT2D eigenvalue weighted by Gasteiger charge is 2.36. The number of carbonyl (C=O) groups excluding carboxylic acids is 2. The van der Waals surface area contributed by atoms with Crippen LogP contribution in [0.1, 0.15) is 15.9 Å². The molecule has 0 atom stereocenters. The first-order valence-electron chi connectivity index (χ1n) is 6.49. The number of carbonyl (C=O) groups is 2. The van der Waals surface area contributed by atoms with Gasteiger partial charge in [-0.1, -0.05) is 12.1 Å². The van der Waals surface area contributed by atoms with Crippen LogP contribution in [0.15, 0.2) is 45.3 Å². The van der Waals surface area contributed by atoms with Crippen molar-refractivity contribution >= 4 is 49.2 Å². The number of anilines is 1. The molecule has 0 spiro atoms. The van der Waals surface area contributed by atoms with Crippen molar-refractivity contribution in [3.8, 4) is 5.75 Å². The number of hydrogen-bond acceptors (Lipinski definition) is 3. The highest BCUT2D eigenvalue weighted by Crippen LogP contribution is 2.37. The first-order valence-corrected chi connectivity index (χ1v) is 8.08. The molecule has 1 amide bonds. The zero-order valence-corrected chi connectivity index (χ0v) is 14.8. The summed E-state index contributed by atoms with van der Waals surface area (Å²) in [5.74, 6) is -0.229. The Morgan fingerprint density at radius 3 is 2.32 bits per heavy atom. The van der Waals surface area contributed by atoms with Crippen LogP contribution in [0.4, 0.5) is 5.69 Å². The van der Waals surface area contributed by atoms with Crippen LogP contribution in [0.5, 0.6) is 5.75 Å². The average molecular weight is 425 g/mol. The van der Waals surface area contributed by atoms with Crippen LogP contribution < -0.4 is 9.64 Å². The van der Waals surface area contributed by atoms with Gasteiger partial charge >= 0.3 is 0 Å². The van der Waals surface area contributed by atoms with Gasteiger partial charge in [-0.3, -0.25) is 9.59 Å². The van der Waals surface area contributed by atoms with Gasteiger partial charge in [0.05, 0.1) is 24.9 Å². The third kappa shape index (κ3) is 2.57. The number of amides is 1. The lowest BCUT2D eigenvalue weighted by Gasteiger charge is -2.17. The van der Waals surface area contributed by atoms with E-state index in [1.807, 2.05) is 24.3 Å². The number of rotatable bonds is 3. The Bertz CT molecular complexity index is 772. The molecular formula is C16H11Br2NO3. The van der Waals surface area contributed by atoms with Gasteiger partial charge in [0.2, 0.25) is 0 Å². The minimum absolute atomic E-state index is 0.343. The van der Waals surface area contributed by atoms with Crippen molar-refractivity contribution in [3.63, 3.8) is 0 Å². The minimum Gasteiger partial charge on any atom is -0.497 e. The van der Waals surface area contributed by atoms with Crippen LogP contribution in [0.25, 0.3) is 0 Å². The summed E-state index contributed by atoms with van der Waals surface area (Å²) in [6, 6.07) is 10.9.